The first-order chi connectivity index (χ1) is 16.5. The lowest BCUT2D eigenvalue weighted by molar-refractivity contribution is -0.128. The summed E-state index contributed by atoms with van der Waals surface area (Å²) >= 11 is 0. The molecule has 1 unspecified atom stereocenters. The van der Waals surface area contributed by atoms with Gasteiger partial charge in [0.2, 0.25) is 5.91 Å². The van der Waals surface area contributed by atoms with Gasteiger partial charge in [-0.25, -0.2) is 0 Å². The lowest BCUT2D eigenvalue weighted by Gasteiger charge is -2.18. The van der Waals surface area contributed by atoms with Crippen LogP contribution in [0.25, 0.3) is 11.1 Å². The quantitative estimate of drug-likeness (QED) is 0.439. The number of nitrogens with one attached hydrogen (secondary N) is 3. The molecule has 0 aliphatic heterocycles. The summed E-state index contributed by atoms with van der Waals surface area (Å²) in [5.74, 6) is -0.234. The zero-order chi connectivity index (χ0) is 23.9. The van der Waals surface area contributed by atoms with E-state index in [1.807, 2.05) is 61.5 Å². The Bertz CT molecular complexity index is 1140. The summed E-state index contributed by atoms with van der Waals surface area (Å²) in [5, 5.41) is 2.82. The second-order valence-electron chi connectivity index (χ2n) is 8.19. The van der Waals surface area contributed by atoms with E-state index in [1.165, 1.54) is 0 Å². The predicted octanol–water partition coefficient (Wildman–Crippen LogP) is 4.32. The molecule has 7 nitrogen and oxygen atoms in total. The number of carbonyl (C=O) groups is 3. The number of carbonyl (C=O) groups excluding carboxylic acids is 3. The molecule has 0 bridgehead atoms. The average molecular weight is 458 g/mol. The molecule has 1 aliphatic rings. The summed E-state index contributed by atoms with van der Waals surface area (Å²) in [6.07, 6.45) is 1.52. The molecule has 34 heavy (non-hydrogen) atoms. The van der Waals surface area contributed by atoms with Crippen molar-refractivity contribution < 1.29 is 19.1 Å². The standard InChI is InChI=1S/C27H27N3O4/c1-2-24(34-23-16-12-19(13-17-23)18-6-4-3-5-7-18)27(33)30-29-26(32)21-10-14-22(15-11-21)28-25(31)20-8-9-20/h3-7,10-17,20,24H,2,8-9H2,1H3,(H,28,31)(H,29,32)(H,30,33). The third-order valence-electron chi connectivity index (χ3n) is 5.57. The van der Waals surface area contributed by atoms with Gasteiger partial charge < -0.3 is 10.1 Å². The Balaban J connectivity index is 1.28. The van der Waals surface area contributed by atoms with Gasteiger partial charge in [-0.2, -0.15) is 0 Å². The monoisotopic (exact) mass is 457 g/mol. The minimum atomic E-state index is -0.761. The molecule has 3 amide bonds. The molecule has 0 radical (unpaired) electrons. The largest absolute Gasteiger partial charge is 0.481 e. The first kappa shape index (κ1) is 23.0. The minimum absolute atomic E-state index is 0.00442. The van der Waals surface area contributed by atoms with Crippen molar-refractivity contribution in [2.75, 3.05) is 5.32 Å². The van der Waals surface area contributed by atoms with Crippen LogP contribution >= 0.6 is 0 Å². The Kier molecular flexibility index (Phi) is 7.22. The average Bonchev–Trinajstić information content (AvgIpc) is 3.73. The maximum atomic E-state index is 12.5. The van der Waals surface area contributed by atoms with Crippen molar-refractivity contribution in [3.63, 3.8) is 0 Å². The normalized spacial score (nSPS) is 13.4. The van der Waals surface area contributed by atoms with E-state index < -0.39 is 17.9 Å². The van der Waals surface area contributed by atoms with Gasteiger partial charge in [0.25, 0.3) is 11.8 Å². The van der Waals surface area contributed by atoms with E-state index in [9.17, 15) is 14.4 Å². The Morgan fingerprint density at radius 3 is 2.12 bits per heavy atom. The number of rotatable bonds is 8. The molecule has 4 rings (SSSR count). The SMILES string of the molecule is CCC(Oc1ccc(-c2ccccc2)cc1)C(=O)NNC(=O)c1ccc(NC(=O)C2CC2)cc1. The second kappa shape index (κ2) is 10.7. The van der Waals surface area contributed by atoms with Crippen molar-refractivity contribution in [2.24, 2.45) is 5.92 Å². The summed E-state index contributed by atoms with van der Waals surface area (Å²) in [4.78, 5) is 36.8. The van der Waals surface area contributed by atoms with Crippen molar-refractivity contribution in [1.82, 2.24) is 10.9 Å². The summed E-state index contributed by atoms with van der Waals surface area (Å²) in [6.45, 7) is 1.83. The van der Waals surface area contributed by atoms with Gasteiger partial charge in [0, 0.05) is 17.2 Å². The second-order valence-corrected chi connectivity index (χ2v) is 8.19. The van der Waals surface area contributed by atoms with Crippen molar-refractivity contribution in [1.29, 1.82) is 0 Å². The Morgan fingerprint density at radius 1 is 0.853 bits per heavy atom. The van der Waals surface area contributed by atoms with Crippen LogP contribution in [0.1, 0.15) is 36.5 Å². The van der Waals surface area contributed by atoms with E-state index in [2.05, 4.69) is 16.2 Å². The first-order valence-electron chi connectivity index (χ1n) is 11.4. The van der Waals surface area contributed by atoms with E-state index in [0.29, 0.717) is 23.4 Å². The van der Waals surface area contributed by atoms with Gasteiger partial charge in [-0.15, -0.1) is 0 Å². The smallest absolute Gasteiger partial charge is 0.279 e. The molecule has 0 heterocycles. The van der Waals surface area contributed by atoms with Gasteiger partial charge in [-0.05, 0) is 66.8 Å². The third kappa shape index (κ3) is 6.01. The van der Waals surface area contributed by atoms with E-state index >= 15 is 0 Å². The van der Waals surface area contributed by atoms with Gasteiger partial charge in [0.1, 0.15) is 5.75 Å². The molecule has 3 aromatic carbocycles. The summed E-state index contributed by atoms with van der Waals surface area (Å²) in [7, 11) is 0. The van der Waals surface area contributed by atoms with Gasteiger partial charge in [-0.3, -0.25) is 25.2 Å². The predicted molar refractivity (Wildman–Crippen MR) is 130 cm³/mol. The highest BCUT2D eigenvalue weighted by Gasteiger charge is 2.29. The third-order valence-corrected chi connectivity index (χ3v) is 5.57. The van der Waals surface area contributed by atoms with Crippen LogP contribution in [-0.2, 0) is 9.59 Å². The molecule has 3 N–H and O–H groups in total. The number of benzene rings is 3. The fourth-order valence-corrected chi connectivity index (χ4v) is 3.41. The molecule has 3 aromatic rings. The van der Waals surface area contributed by atoms with Gasteiger partial charge >= 0.3 is 0 Å². The van der Waals surface area contributed by atoms with E-state index in [1.54, 1.807) is 24.3 Å². The van der Waals surface area contributed by atoms with E-state index in [4.69, 9.17) is 4.74 Å². The summed E-state index contributed by atoms with van der Waals surface area (Å²) in [5.41, 5.74) is 7.98. The van der Waals surface area contributed by atoms with Gasteiger partial charge in [-0.1, -0.05) is 49.4 Å². The molecule has 0 saturated heterocycles. The van der Waals surface area contributed by atoms with Crippen LogP contribution in [0.2, 0.25) is 0 Å². The highest BCUT2D eigenvalue weighted by atomic mass is 16.5. The number of hydrogen-bond acceptors (Lipinski definition) is 4. The van der Waals surface area contributed by atoms with Crippen LogP contribution in [-0.4, -0.2) is 23.8 Å². The van der Waals surface area contributed by atoms with Gasteiger partial charge in [0.05, 0.1) is 0 Å². The molecule has 1 saturated carbocycles. The fraction of sp³-hybridized carbons (Fsp3) is 0.222. The Morgan fingerprint density at radius 2 is 1.50 bits per heavy atom. The minimum Gasteiger partial charge on any atom is -0.481 e. The number of ether oxygens (including phenoxy) is 1. The molecule has 1 atom stereocenters. The number of anilines is 1. The first-order valence-corrected chi connectivity index (χ1v) is 11.4. The topological polar surface area (TPSA) is 96.5 Å². The fourth-order valence-electron chi connectivity index (χ4n) is 3.41. The van der Waals surface area contributed by atoms with Crippen molar-refractivity contribution in [2.45, 2.75) is 32.3 Å². The maximum absolute atomic E-state index is 12.5. The van der Waals surface area contributed by atoms with Gasteiger partial charge in [0.15, 0.2) is 6.10 Å². The molecular formula is C27H27N3O4. The zero-order valence-corrected chi connectivity index (χ0v) is 18.9. The van der Waals surface area contributed by atoms with E-state index in [-0.39, 0.29) is 11.8 Å². The highest BCUT2D eigenvalue weighted by Crippen LogP contribution is 2.30. The Hall–Kier alpha value is -4.13. The lowest BCUT2D eigenvalue weighted by Crippen LogP contribution is -2.47. The van der Waals surface area contributed by atoms with Crippen molar-refractivity contribution in [3.05, 3.63) is 84.4 Å². The molecule has 174 valence electrons. The van der Waals surface area contributed by atoms with Crippen LogP contribution in [0.5, 0.6) is 5.75 Å². The van der Waals surface area contributed by atoms with Crippen LogP contribution in [0.4, 0.5) is 5.69 Å². The molecule has 0 spiro atoms. The van der Waals surface area contributed by atoms with E-state index in [0.717, 1.165) is 24.0 Å². The van der Waals surface area contributed by atoms with Crippen LogP contribution < -0.4 is 20.9 Å². The number of hydrogen-bond donors (Lipinski definition) is 3. The molecule has 7 heteroatoms. The molecule has 0 aromatic heterocycles. The number of amides is 3. The highest BCUT2D eigenvalue weighted by molar-refractivity contribution is 5.97. The molecule has 1 fully saturated rings. The molecular weight excluding hydrogens is 430 g/mol. The maximum Gasteiger partial charge on any atom is 0.279 e. The summed E-state index contributed by atoms with van der Waals surface area (Å²) < 4.78 is 5.83. The van der Waals surface area contributed by atoms with Crippen molar-refractivity contribution in [3.8, 4) is 16.9 Å². The van der Waals surface area contributed by atoms with Crippen LogP contribution in [0, 0.1) is 5.92 Å². The van der Waals surface area contributed by atoms with Crippen molar-refractivity contribution >= 4 is 23.4 Å². The Labute approximate surface area is 198 Å². The summed E-state index contributed by atoms with van der Waals surface area (Å²) in [6, 6.07) is 24.0. The number of hydrazine groups is 1. The molecule has 1 aliphatic carbocycles. The van der Waals surface area contributed by atoms with Crippen LogP contribution in [0.15, 0.2) is 78.9 Å². The zero-order valence-electron chi connectivity index (χ0n) is 18.9. The lowest BCUT2D eigenvalue weighted by atomic mass is 10.1. The van der Waals surface area contributed by atoms with Crippen LogP contribution in [0.3, 0.4) is 0 Å².